The predicted molar refractivity (Wildman–Crippen MR) is 68.9 cm³/mol. The molecule has 16 heavy (non-hydrogen) atoms. The van der Waals surface area contributed by atoms with Crippen molar-refractivity contribution in [3.63, 3.8) is 0 Å². The van der Waals surface area contributed by atoms with E-state index in [4.69, 9.17) is 0 Å². The van der Waals surface area contributed by atoms with E-state index < -0.39 is 0 Å². The number of thiophene rings is 1. The standard InChI is InChI=1S/C13H16N2S/c1-9-5-4-7-15-11(9)12(14-3)13-10(2)6-8-16-13/h4-8,12,14H,1-3H3. The number of hydrogen-bond donors (Lipinski definition) is 1. The van der Waals surface area contributed by atoms with Crippen LogP contribution >= 0.6 is 11.3 Å². The van der Waals surface area contributed by atoms with E-state index in [2.05, 4.69) is 41.7 Å². The number of hydrogen-bond acceptors (Lipinski definition) is 3. The first-order chi connectivity index (χ1) is 7.74. The van der Waals surface area contributed by atoms with Gasteiger partial charge in [-0.25, -0.2) is 0 Å². The topological polar surface area (TPSA) is 24.9 Å². The summed E-state index contributed by atoms with van der Waals surface area (Å²) in [7, 11) is 1.98. The van der Waals surface area contributed by atoms with Crippen LogP contribution < -0.4 is 5.32 Å². The van der Waals surface area contributed by atoms with Crippen LogP contribution in [0.5, 0.6) is 0 Å². The Kier molecular flexibility index (Phi) is 3.36. The largest absolute Gasteiger partial charge is 0.307 e. The third-order valence-electron chi connectivity index (χ3n) is 2.78. The number of aryl methyl sites for hydroxylation is 2. The fourth-order valence-electron chi connectivity index (χ4n) is 1.87. The van der Waals surface area contributed by atoms with Crippen molar-refractivity contribution >= 4 is 11.3 Å². The van der Waals surface area contributed by atoms with Gasteiger partial charge in [-0.1, -0.05) is 6.07 Å². The molecule has 0 aromatic carbocycles. The Bertz CT molecular complexity index is 476. The van der Waals surface area contributed by atoms with Crippen LogP contribution in [0.25, 0.3) is 0 Å². The fraction of sp³-hybridized carbons (Fsp3) is 0.308. The lowest BCUT2D eigenvalue weighted by Gasteiger charge is -2.17. The van der Waals surface area contributed by atoms with Crippen LogP contribution in [0.2, 0.25) is 0 Å². The van der Waals surface area contributed by atoms with E-state index in [0.717, 1.165) is 5.69 Å². The Morgan fingerprint density at radius 1 is 1.25 bits per heavy atom. The highest BCUT2D eigenvalue weighted by Crippen LogP contribution is 2.29. The van der Waals surface area contributed by atoms with Gasteiger partial charge in [0.05, 0.1) is 11.7 Å². The lowest BCUT2D eigenvalue weighted by atomic mass is 10.0. The number of pyridine rings is 1. The second-order valence-electron chi connectivity index (χ2n) is 3.90. The molecule has 84 valence electrons. The summed E-state index contributed by atoms with van der Waals surface area (Å²) >= 11 is 1.78. The van der Waals surface area contributed by atoms with E-state index in [-0.39, 0.29) is 6.04 Å². The molecule has 0 amide bonds. The number of nitrogens with one attached hydrogen (secondary N) is 1. The van der Waals surface area contributed by atoms with Gasteiger partial charge in [-0.05, 0) is 49.5 Å². The first kappa shape index (κ1) is 11.3. The van der Waals surface area contributed by atoms with Gasteiger partial charge < -0.3 is 5.32 Å². The van der Waals surface area contributed by atoms with Crippen LogP contribution in [0.1, 0.15) is 27.7 Å². The highest BCUT2D eigenvalue weighted by Gasteiger charge is 2.18. The van der Waals surface area contributed by atoms with Crippen molar-refractivity contribution in [3.8, 4) is 0 Å². The number of rotatable bonds is 3. The number of nitrogens with zero attached hydrogens (tertiary/aromatic N) is 1. The van der Waals surface area contributed by atoms with E-state index >= 15 is 0 Å². The Balaban J connectivity index is 2.45. The van der Waals surface area contributed by atoms with Gasteiger partial charge in [-0.2, -0.15) is 0 Å². The van der Waals surface area contributed by atoms with Gasteiger partial charge in [0, 0.05) is 11.1 Å². The summed E-state index contributed by atoms with van der Waals surface area (Å²) in [4.78, 5) is 5.84. The van der Waals surface area contributed by atoms with Gasteiger partial charge in [-0.15, -0.1) is 11.3 Å². The van der Waals surface area contributed by atoms with Gasteiger partial charge in [-0.3, -0.25) is 4.98 Å². The molecule has 0 aliphatic heterocycles. The summed E-state index contributed by atoms with van der Waals surface area (Å²) in [5, 5.41) is 5.48. The van der Waals surface area contributed by atoms with Crippen molar-refractivity contribution in [1.82, 2.24) is 10.3 Å². The molecule has 0 bridgehead atoms. The fourth-order valence-corrected chi connectivity index (χ4v) is 2.91. The zero-order valence-electron chi connectivity index (χ0n) is 9.82. The minimum absolute atomic E-state index is 0.209. The average Bonchev–Trinajstić information content (AvgIpc) is 2.69. The molecular weight excluding hydrogens is 216 g/mol. The quantitative estimate of drug-likeness (QED) is 0.879. The predicted octanol–water partition coefficient (Wildman–Crippen LogP) is 3.07. The van der Waals surface area contributed by atoms with Crippen molar-refractivity contribution in [3.05, 3.63) is 51.5 Å². The lowest BCUT2D eigenvalue weighted by Crippen LogP contribution is -2.19. The Labute approximate surface area is 100 Å². The molecule has 2 rings (SSSR count). The van der Waals surface area contributed by atoms with Crippen molar-refractivity contribution in [1.29, 1.82) is 0 Å². The summed E-state index contributed by atoms with van der Waals surface area (Å²) < 4.78 is 0. The molecule has 3 heteroatoms. The smallest absolute Gasteiger partial charge is 0.0847 e. The van der Waals surface area contributed by atoms with Crippen LogP contribution in [0.4, 0.5) is 0 Å². The molecule has 2 aromatic heterocycles. The van der Waals surface area contributed by atoms with E-state index in [0.29, 0.717) is 0 Å². The van der Waals surface area contributed by atoms with Crippen molar-refractivity contribution in [2.45, 2.75) is 19.9 Å². The summed E-state index contributed by atoms with van der Waals surface area (Å²) in [6.07, 6.45) is 1.86. The highest BCUT2D eigenvalue weighted by molar-refractivity contribution is 7.10. The van der Waals surface area contributed by atoms with E-state index in [1.807, 2.05) is 19.3 Å². The third kappa shape index (κ3) is 2.01. The Hall–Kier alpha value is -1.19. The average molecular weight is 232 g/mol. The van der Waals surface area contributed by atoms with Crippen molar-refractivity contribution < 1.29 is 0 Å². The lowest BCUT2D eigenvalue weighted by molar-refractivity contribution is 0.674. The van der Waals surface area contributed by atoms with Crippen LogP contribution in [-0.4, -0.2) is 12.0 Å². The SMILES string of the molecule is CNC(c1ncccc1C)c1sccc1C. The zero-order valence-corrected chi connectivity index (χ0v) is 10.6. The summed E-state index contributed by atoms with van der Waals surface area (Å²) in [5.41, 5.74) is 3.68. The van der Waals surface area contributed by atoms with E-state index in [1.165, 1.54) is 16.0 Å². The summed E-state index contributed by atoms with van der Waals surface area (Å²) in [6.45, 7) is 4.25. The molecule has 0 aliphatic rings. The molecule has 0 aliphatic carbocycles. The molecule has 0 fully saturated rings. The third-order valence-corrected chi connectivity index (χ3v) is 3.86. The molecule has 1 N–H and O–H groups in total. The maximum Gasteiger partial charge on any atom is 0.0847 e. The molecule has 0 saturated heterocycles. The van der Waals surface area contributed by atoms with Crippen molar-refractivity contribution in [2.75, 3.05) is 7.05 Å². The highest BCUT2D eigenvalue weighted by atomic mass is 32.1. The molecule has 2 aromatic rings. The van der Waals surface area contributed by atoms with Crippen LogP contribution in [-0.2, 0) is 0 Å². The monoisotopic (exact) mass is 232 g/mol. The van der Waals surface area contributed by atoms with Crippen LogP contribution in [0, 0.1) is 13.8 Å². The normalized spacial score (nSPS) is 12.7. The first-order valence-corrected chi connectivity index (χ1v) is 6.24. The van der Waals surface area contributed by atoms with E-state index in [1.54, 1.807) is 11.3 Å². The number of aromatic nitrogens is 1. The second-order valence-corrected chi connectivity index (χ2v) is 4.84. The van der Waals surface area contributed by atoms with Crippen molar-refractivity contribution in [2.24, 2.45) is 0 Å². The maximum absolute atomic E-state index is 4.49. The molecule has 1 unspecified atom stereocenters. The van der Waals surface area contributed by atoms with Gasteiger partial charge in [0.2, 0.25) is 0 Å². The molecule has 1 atom stereocenters. The maximum atomic E-state index is 4.49. The minimum atomic E-state index is 0.209. The van der Waals surface area contributed by atoms with Gasteiger partial charge in [0.1, 0.15) is 0 Å². The molecule has 0 spiro atoms. The minimum Gasteiger partial charge on any atom is -0.307 e. The van der Waals surface area contributed by atoms with E-state index in [9.17, 15) is 0 Å². The molecular formula is C13H16N2S. The van der Waals surface area contributed by atoms with Gasteiger partial charge >= 0.3 is 0 Å². The molecule has 2 heterocycles. The Morgan fingerprint density at radius 3 is 2.62 bits per heavy atom. The molecule has 2 nitrogen and oxygen atoms in total. The zero-order chi connectivity index (χ0) is 11.5. The van der Waals surface area contributed by atoms with Crippen LogP contribution in [0.15, 0.2) is 29.8 Å². The van der Waals surface area contributed by atoms with Crippen LogP contribution in [0.3, 0.4) is 0 Å². The Morgan fingerprint density at radius 2 is 2.06 bits per heavy atom. The van der Waals surface area contributed by atoms with Gasteiger partial charge in [0.15, 0.2) is 0 Å². The molecule has 0 radical (unpaired) electrons. The summed E-state index contributed by atoms with van der Waals surface area (Å²) in [5.74, 6) is 0. The molecule has 0 saturated carbocycles. The summed E-state index contributed by atoms with van der Waals surface area (Å²) in [6, 6.07) is 6.45. The second kappa shape index (κ2) is 4.76. The first-order valence-electron chi connectivity index (χ1n) is 5.37. The van der Waals surface area contributed by atoms with Gasteiger partial charge in [0.25, 0.3) is 0 Å².